The molecule has 0 spiro atoms. The quantitative estimate of drug-likeness (QED) is 0.842. The fraction of sp³-hybridized carbons (Fsp3) is 0.455. The zero-order valence-electron chi connectivity index (χ0n) is 9.87. The summed E-state index contributed by atoms with van der Waals surface area (Å²) in [6, 6.07) is 1.10. The van der Waals surface area contributed by atoms with Crippen molar-refractivity contribution in [2.75, 3.05) is 17.2 Å². The van der Waals surface area contributed by atoms with Gasteiger partial charge < -0.3 is 11.1 Å². The molecule has 1 aromatic heterocycles. The summed E-state index contributed by atoms with van der Waals surface area (Å²) in [5, 5.41) is 2.75. The normalized spacial score (nSPS) is 12.2. The number of nitrogens with two attached hydrogens (primary N) is 1. The maximum atomic E-state index is 12.9. The number of nitrogens with one attached hydrogen (secondary N) is 1. The van der Waals surface area contributed by atoms with Crippen LogP contribution in [0.2, 0.25) is 0 Å². The highest BCUT2D eigenvalue weighted by Crippen LogP contribution is 2.10. The largest absolute Gasteiger partial charge is 0.383 e. The van der Waals surface area contributed by atoms with Crippen molar-refractivity contribution >= 4 is 23.5 Å². The molecule has 0 aliphatic rings. The predicted octanol–water partition coefficient (Wildman–Crippen LogP) is 1.67. The first kappa shape index (κ1) is 13.8. The topological polar surface area (TPSA) is 68.0 Å². The lowest BCUT2D eigenvalue weighted by Gasteiger charge is -2.13. The average molecular weight is 257 g/mol. The fourth-order valence-corrected chi connectivity index (χ4v) is 1.94. The summed E-state index contributed by atoms with van der Waals surface area (Å²) in [7, 11) is 0. The molecule has 1 aromatic rings. The minimum Gasteiger partial charge on any atom is -0.383 e. The molecule has 0 aromatic carbocycles. The van der Waals surface area contributed by atoms with E-state index in [1.165, 1.54) is 0 Å². The van der Waals surface area contributed by atoms with Crippen LogP contribution in [0.4, 0.5) is 10.2 Å². The van der Waals surface area contributed by atoms with Crippen LogP contribution in [-0.4, -0.2) is 28.4 Å². The number of thioether (sulfide) groups is 1. The van der Waals surface area contributed by atoms with Crippen LogP contribution >= 0.6 is 11.8 Å². The maximum Gasteiger partial charge on any atom is 0.255 e. The number of carbonyl (C=O) groups is 1. The zero-order valence-corrected chi connectivity index (χ0v) is 10.7. The number of anilines is 1. The number of halogens is 1. The van der Waals surface area contributed by atoms with E-state index in [2.05, 4.69) is 10.3 Å². The Morgan fingerprint density at radius 3 is 3.06 bits per heavy atom. The van der Waals surface area contributed by atoms with Crippen LogP contribution < -0.4 is 11.1 Å². The van der Waals surface area contributed by atoms with Crippen LogP contribution in [0.15, 0.2) is 12.3 Å². The Balaban J connectivity index is 2.66. The van der Waals surface area contributed by atoms with Gasteiger partial charge in [0.05, 0.1) is 11.8 Å². The smallest absolute Gasteiger partial charge is 0.255 e. The van der Waals surface area contributed by atoms with Crippen LogP contribution in [0.3, 0.4) is 0 Å². The number of pyridine rings is 1. The second-order valence-electron chi connectivity index (χ2n) is 3.62. The second-order valence-corrected chi connectivity index (χ2v) is 4.94. The van der Waals surface area contributed by atoms with Gasteiger partial charge in [-0.15, -0.1) is 0 Å². The number of aromatic nitrogens is 1. The number of rotatable bonds is 5. The van der Waals surface area contributed by atoms with Crippen LogP contribution in [0.1, 0.15) is 24.2 Å². The van der Waals surface area contributed by atoms with Crippen molar-refractivity contribution in [2.24, 2.45) is 0 Å². The molecule has 17 heavy (non-hydrogen) atoms. The monoisotopic (exact) mass is 257 g/mol. The van der Waals surface area contributed by atoms with Crippen LogP contribution in [0, 0.1) is 5.82 Å². The summed E-state index contributed by atoms with van der Waals surface area (Å²) in [6.07, 6.45) is 0.989. The van der Waals surface area contributed by atoms with Crippen molar-refractivity contribution in [2.45, 2.75) is 19.9 Å². The van der Waals surface area contributed by atoms with Gasteiger partial charge in [0.25, 0.3) is 5.91 Å². The van der Waals surface area contributed by atoms with Crippen LogP contribution in [-0.2, 0) is 0 Å². The Hall–Kier alpha value is -1.30. The van der Waals surface area contributed by atoms with Crippen molar-refractivity contribution in [3.8, 4) is 0 Å². The molecule has 6 heteroatoms. The van der Waals surface area contributed by atoms with Gasteiger partial charge >= 0.3 is 0 Å². The molecule has 94 valence electrons. The molecule has 0 aliphatic heterocycles. The minimum atomic E-state index is -0.570. The Bertz CT molecular complexity index is 400. The first-order valence-corrected chi connectivity index (χ1v) is 6.49. The Labute approximate surface area is 104 Å². The highest BCUT2D eigenvalue weighted by atomic mass is 32.2. The molecule has 0 fully saturated rings. The van der Waals surface area contributed by atoms with E-state index in [-0.39, 0.29) is 17.4 Å². The summed E-state index contributed by atoms with van der Waals surface area (Å²) < 4.78 is 12.9. The lowest BCUT2D eigenvalue weighted by molar-refractivity contribution is 0.0944. The Kier molecular flexibility index (Phi) is 5.21. The number of amides is 1. The number of hydrogen-bond acceptors (Lipinski definition) is 4. The third kappa shape index (κ3) is 4.22. The van der Waals surface area contributed by atoms with Crippen molar-refractivity contribution in [3.63, 3.8) is 0 Å². The van der Waals surface area contributed by atoms with Crippen molar-refractivity contribution in [3.05, 3.63) is 23.6 Å². The molecule has 1 amide bonds. The van der Waals surface area contributed by atoms with E-state index in [1.54, 1.807) is 11.8 Å². The van der Waals surface area contributed by atoms with Gasteiger partial charge in [0, 0.05) is 11.8 Å². The van der Waals surface area contributed by atoms with Gasteiger partial charge in [0.15, 0.2) is 0 Å². The van der Waals surface area contributed by atoms with E-state index in [4.69, 9.17) is 5.73 Å². The lowest BCUT2D eigenvalue weighted by atomic mass is 10.2. The van der Waals surface area contributed by atoms with Gasteiger partial charge in [-0.3, -0.25) is 4.79 Å². The summed E-state index contributed by atoms with van der Waals surface area (Å²) in [5.74, 6) is 0.882. The number of hydrogen-bond donors (Lipinski definition) is 2. The zero-order chi connectivity index (χ0) is 12.8. The standard InChI is InChI=1S/C11H16FN3OS/c1-3-17-6-7(2)15-11(16)9-4-8(12)5-14-10(9)13/h4-5,7H,3,6H2,1-2H3,(H2,13,14)(H,15,16). The van der Waals surface area contributed by atoms with Gasteiger partial charge in [-0.1, -0.05) is 6.92 Å². The van der Waals surface area contributed by atoms with E-state index >= 15 is 0 Å². The van der Waals surface area contributed by atoms with Gasteiger partial charge in [0.2, 0.25) is 0 Å². The molecule has 0 saturated carbocycles. The summed E-state index contributed by atoms with van der Waals surface area (Å²) in [4.78, 5) is 15.4. The first-order valence-electron chi connectivity index (χ1n) is 5.34. The predicted molar refractivity (Wildman–Crippen MR) is 68.5 cm³/mol. The number of nitrogen functional groups attached to an aromatic ring is 1. The molecule has 1 atom stereocenters. The molecule has 1 heterocycles. The minimum absolute atomic E-state index is 0.00937. The summed E-state index contributed by atoms with van der Waals surface area (Å²) in [5.41, 5.74) is 5.60. The number of nitrogens with zero attached hydrogens (tertiary/aromatic N) is 1. The molecule has 0 radical (unpaired) electrons. The molecular weight excluding hydrogens is 241 g/mol. The van der Waals surface area contributed by atoms with Crippen molar-refractivity contribution < 1.29 is 9.18 Å². The van der Waals surface area contributed by atoms with Crippen molar-refractivity contribution in [1.29, 1.82) is 0 Å². The first-order chi connectivity index (χ1) is 8.04. The molecule has 0 aliphatic carbocycles. The molecule has 0 bridgehead atoms. The second kappa shape index (κ2) is 6.44. The fourth-order valence-electron chi connectivity index (χ4n) is 1.27. The highest BCUT2D eigenvalue weighted by molar-refractivity contribution is 7.99. The maximum absolute atomic E-state index is 12.9. The van der Waals surface area contributed by atoms with E-state index in [0.717, 1.165) is 23.8 Å². The van der Waals surface area contributed by atoms with Gasteiger partial charge in [0.1, 0.15) is 11.6 Å². The van der Waals surface area contributed by atoms with E-state index in [1.807, 2.05) is 13.8 Å². The third-order valence-corrected chi connectivity index (χ3v) is 3.22. The van der Waals surface area contributed by atoms with Gasteiger partial charge in [-0.25, -0.2) is 9.37 Å². The molecule has 4 nitrogen and oxygen atoms in total. The molecule has 1 unspecified atom stereocenters. The summed E-state index contributed by atoms with van der Waals surface area (Å²) in [6.45, 7) is 3.94. The average Bonchev–Trinajstić information content (AvgIpc) is 2.29. The van der Waals surface area contributed by atoms with E-state index in [9.17, 15) is 9.18 Å². The molecular formula is C11H16FN3OS. The van der Waals surface area contributed by atoms with E-state index in [0.29, 0.717) is 0 Å². The molecule has 3 N–H and O–H groups in total. The summed E-state index contributed by atoms with van der Waals surface area (Å²) >= 11 is 1.73. The number of carbonyl (C=O) groups excluding carboxylic acids is 1. The SMILES string of the molecule is CCSCC(C)NC(=O)c1cc(F)cnc1N. The molecule has 0 saturated heterocycles. The van der Waals surface area contributed by atoms with Gasteiger partial charge in [-0.2, -0.15) is 11.8 Å². The van der Waals surface area contributed by atoms with Crippen LogP contribution in [0.25, 0.3) is 0 Å². The molecule has 1 rings (SSSR count). The Morgan fingerprint density at radius 2 is 2.41 bits per heavy atom. The highest BCUT2D eigenvalue weighted by Gasteiger charge is 2.14. The third-order valence-electron chi connectivity index (χ3n) is 2.08. The van der Waals surface area contributed by atoms with Gasteiger partial charge in [-0.05, 0) is 18.7 Å². The van der Waals surface area contributed by atoms with Crippen molar-refractivity contribution in [1.82, 2.24) is 10.3 Å². The Morgan fingerprint density at radius 1 is 1.71 bits per heavy atom. The van der Waals surface area contributed by atoms with E-state index < -0.39 is 11.7 Å². The van der Waals surface area contributed by atoms with Crippen LogP contribution in [0.5, 0.6) is 0 Å². The lowest BCUT2D eigenvalue weighted by Crippen LogP contribution is -2.34.